The van der Waals surface area contributed by atoms with Crippen molar-refractivity contribution in [1.29, 1.82) is 0 Å². The molecular formula is C14H21N3. The van der Waals surface area contributed by atoms with E-state index in [2.05, 4.69) is 40.4 Å². The Kier molecular flexibility index (Phi) is 3.04. The number of nitrogens with one attached hydrogen (secondary N) is 1. The molecule has 2 aliphatic rings. The Morgan fingerprint density at radius 1 is 1.18 bits per heavy atom. The minimum absolute atomic E-state index is 1.10. The molecule has 1 aromatic rings. The fourth-order valence-corrected chi connectivity index (χ4v) is 2.72. The minimum Gasteiger partial charge on any atom is -0.384 e. The van der Waals surface area contributed by atoms with E-state index < -0.39 is 0 Å². The van der Waals surface area contributed by atoms with Crippen LogP contribution in [0.1, 0.15) is 11.1 Å². The highest BCUT2D eigenvalue weighted by atomic mass is 15.2. The van der Waals surface area contributed by atoms with Crippen molar-refractivity contribution < 1.29 is 0 Å². The van der Waals surface area contributed by atoms with Crippen LogP contribution in [-0.2, 0) is 13.0 Å². The predicted octanol–water partition coefficient (Wildman–Crippen LogP) is 1.40. The summed E-state index contributed by atoms with van der Waals surface area (Å²) in [4.78, 5) is 4.97. The zero-order valence-electron chi connectivity index (χ0n) is 10.6. The van der Waals surface area contributed by atoms with Gasteiger partial charge in [-0.2, -0.15) is 0 Å². The topological polar surface area (TPSA) is 18.5 Å². The molecule has 1 fully saturated rings. The van der Waals surface area contributed by atoms with Crippen molar-refractivity contribution in [3.63, 3.8) is 0 Å². The van der Waals surface area contributed by atoms with Crippen molar-refractivity contribution in [3.05, 3.63) is 29.3 Å². The molecule has 3 rings (SSSR count). The van der Waals surface area contributed by atoms with Gasteiger partial charge in [0.15, 0.2) is 0 Å². The van der Waals surface area contributed by atoms with Gasteiger partial charge in [0.25, 0.3) is 0 Å². The zero-order valence-corrected chi connectivity index (χ0v) is 10.6. The van der Waals surface area contributed by atoms with Gasteiger partial charge >= 0.3 is 0 Å². The number of nitrogens with zero attached hydrogens (tertiary/aromatic N) is 2. The third-order valence-electron chi connectivity index (χ3n) is 3.88. The van der Waals surface area contributed by atoms with E-state index in [1.807, 2.05) is 0 Å². The predicted molar refractivity (Wildman–Crippen MR) is 71.4 cm³/mol. The molecule has 3 nitrogen and oxygen atoms in total. The Morgan fingerprint density at radius 2 is 2.00 bits per heavy atom. The number of piperazine rings is 1. The van der Waals surface area contributed by atoms with Crippen molar-refractivity contribution in [2.24, 2.45) is 0 Å². The molecule has 2 aliphatic heterocycles. The molecule has 0 aromatic heterocycles. The zero-order chi connectivity index (χ0) is 11.7. The van der Waals surface area contributed by atoms with Crippen molar-refractivity contribution in [2.45, 2.75) is 13.0 Å². The fraction of sp³-hybridized carbons (Fsp3) is 0.571. The standard InChI is InChI=1S/C14H21N3/c1-16-6-8-17(9-7-16)11-12-2-3-14-13(10-12)4-5-15-14/h2-3,10,15H,4-9,11H2,1H3. The molecule has 1 saturated heterocycles. The molecule has 0 bridgehead atoms. The van der Waals surface area contributed by atoms with Crippen LogP contribution in [0.4, 0.5) is 5.69 Å². The number of hydrogen-bond acceptors (Lipinski definition) is 3. The first-order valence-electron chi connectivity index (χ1n) is 6.58. The Balaban J connectivity index is 1.65. The molecule has 1 N–H and O–H groups in total. The third-order valence-corrected chi connectivity index (χ3v) is 3.88. The second-order valence-electron chi connectivity index (χ2n) is 5.25. The quantitative estimate of drug-likeness (QED) is 0.830. The van der Waals surface area contributed by atoms with Crippen LogP contribution in [-0.4, -0.2) is 49.6 Å². The third kappa shape index (κ3) is 2.45. The number of benzene rings is 1. The summed E-state index contributed by atoms with van der Waals surface area (Å²) in [5, 5.41) is 3.42. The molecule has 17 heavy (non-hydrogen) atoms. The van der Waals surface area contributed by atoms with Crippen LogP contribution in [0.15, 0.2) is 18.2 Å². The lowest BCUT2D eigenvalue weighted by molar-refractivity contribution is 0.148. The summed E-state index contributed by atoms with van der Waals surface area (Å²) in [6.45, 7) is 7.02. The van der Waals surface area contributed by atoms with Crippen molar-refractivity contribution in [3.8, 4) is 0 Å². The monoisotopic (exact) mass is 231 g/mol. The lowest BCUT2D eigenvalue weighted by Crippen LogP contribution is -2.43. The summed E-state index contributed by atoms with van der Waals surface area (Å²) in [5.41, 5.74) is 4.31. The number of likely N-dealkylation sites (N-methyl/N-ethyl adjacent to an activating group) is 1. The molecule has 2 heterocycles. The Hall–Kier alpha value is -1.06. The van der Waals surface area contributed by atoms with Crippen LogP contribution in [0.2, 0.25) is 0 Å². The number of fused-ring (bicyclic) bond motifs is 1. The molecule has 0 spiro atoms. The molecule has 92 valence electrons. The highest BCUT2D eigenvalue weighted by molar-refractivity contribution is 5.56. The van der Waals surface area contributed by atoms with Crippen molar-refractivity contribution in [1.82, 2.24) is 9.80 Å². The molecule has 1 aromatic carbocycles. The minimum atomic E-state index is 1.10. The molecule has 0 amide bonds. The lowest BCUT2D eigenvalue weighted by atomic mass is 10.1. The van der Waals surface area contributed by atoms with E-state index in [1.54, 1.807) is 0 Å². The highest BCUT2D eigenvalue weighted by Crippen LogP contribution is 2.23. The summed E-state index contributed by atoms with van der Waals surface area (Å²) in [7, 11) is 2.21. The van der Waals surface area contributed by atoms with E-state index in [-0.39, 0.29) is 0 Å². The normalized spacial score (nSPS) is 21.2. The Labute approximate surface area is 103 Å². The smallest absolute Gasteiger partial charge is 0.0373 e. The summed E-state index contributed by atoms with van der Waals surface area (Å²) in [6, 6.07) is 6.90. The summed E-state index contributed by atoms with van der Waals surface area (Å²) < 4.78 is 0. The second kappa shape index (κ2) is 4.67. The van der Waals surface area contributed by atoms with Gasteiger partial charge in [0.2, 0.25) is 0 Å². The SMILES string of the molecule is CN1CCN(Cc2ccc3c(c2)CCN3)CC1. The van der Waals surface area contributed by atoms with Gasteiger partial charge in [0, 0.05) is 45.0 Å². The molecule has 3 heteroatoms. The van der Waals surface area contributed by atoms with Crippen LogP contribution in [0.5, 0.6) is 0 Å². The van der Waals surface area contributed by atoms with Crippen LogP contribution >= 0.6 is 0 Å². The maximum atomic E-state index is 3.42. The van der Waals surface area contributed by atoms with Gasteiger partial charge in [0.1, 0.15) is 0 Å². The molecule has 0 aliphatic carbocycles. The molecule has 0 atom stereocenters. The van der Waals surface area contributed by atoms with E-state index in [9.17, 15) is 0 Å². The number of anilines is 1. The molecule has 0 saturated carbocycles. The van der Waals surface area contributed by atoms with Gasteiger partial charge in [-0.25, -0.2) is 0 Å². The van der Waals surface area contributed by atoms with Crippen LogP contribution in [0.3, 0.4) is 0 Å². The van der Waals surface area contributed by atoms with Crippen LogP contribution < -0.4 is 5.32 Å². The van der Waals surface area contributed by atoms with Gasteiger partial charge in [-0.15, -0.1) is 0 Å². The summed E-state index contributed by atoms with van der Waals surface area (Å²) in [6.07, 6.45) is 1.19. The van der Waals surface area contributed by atoms with Crippen molar-refractivity contribution >= 4 is 5.69 Å². The van der Waals surface area contributed by atoms with Gasteiger partial charge < -0.3 is 10.2 Å². The molecule has 0 unspecified atom stereocenters. The van der Waals surface area contributed by atoms with Gasteiger partial charge in [-0.1, -0.05) is 12.1 Å². The maximum absolute atomic E-state index is 3.42. The van der Waals surface area contributed by atoms with E-state index in [4.69, 9.17) is 0 Å². The number of rotatable bonds is 2. The average Bonchev–Trinajstić information content (AvgIpc) is 2.79. The number of hydrogen-bond donors (Lipinski definition) is 1. The van der Waals surface area contributed by atoms with E-state index in [0.717, 1.165) is 13.1 Å². The van der Waals surface area contributed by atoms with E-state index in [0.29, 0.717) is 0 Å². The van der Waals surface area contributed by atoms with Gasteiger partial charge in [0.05, 0.1) is 0 Å². The molecule has 0 radical (unpaired) electrons. The largest absolute Gasteiger partial charge is 0.384 e. The van der Waals surface area contributed by atoms with Crippen molar-refractivity contribution in [2.75, 3.05) is 45.1 Å². The van der Waals surface area contributed by atoms with E-state index >= 15 is 0 Å². The van der Waals surface area contributed by atoms with Crippen LogP contribution in [0, 0.1) is 0 Å². The van der Waals surface area contributed by atoms with Gasteiger partial charge in [-0.3, -0.25) is 4.90 Å². The van der Waals surface area contributed by atoms with E-state index in [1.165, 1.54) is 49.4 Å². The lowest BCUT2D eigenvalue weighted by Gasteiger charge is -2.32. The maximum Gasteiger partial charge on any atom is 0.0373 e. The Bertz CT molecular complexity index is 394. The summed E-state index contributed by atoms with van der Waals surface area (Å²) >= 11 is 0. The van der Waals surface area contributed by atoms with Gasteiger partial charge in [-0.05, 0) is 30.7 Å². The fourth-order valence-electron chi connectivity index (χ4n) is 2.72. The first kappa shape index (κ1) is 11.1. The first-order valence-corrected chi connectivity index (χ1v) is 6.58. The highest BCUT2D eigenvalue weighted by Gasteiger charge is 2.15. The Morgan fingerprint density at radius 3 is 2.82 bits per heavy atom. The molecular weight excluding hydrogens is 210 g/mol. The van der Waals surface area contributed by atoms with Crippen LogP contribution in [0.25, 0.3) is 0 Å². The second-order valence-corrected chi connectivity index (χ2v) is 5.25. The average molecular weight is 231 g/mol. The summed E-state index contributed by atoms with van der Waals surface area (Å²) in [5.74, 6) is 0. The first-order chi connectivity index (χ1) is 8.31.